The molecule has 11 aromatic rings. The van der Waals surface area contributed by atoms with Gasteiger partial charge in [0.15, 0.2) is 11.4 Å². The van der Waals surface area contributed by atoms with Crippen molar-refractivity contribution in [3.8, 4) is 11.4 Å². The Morgan fingerprint density at radius 2 is 0.860 bits per heavy atom. The molecule has 0 spiro atoms. The van der Waals surface area contributed by atoms with Crippen molar-refractivity contribution in [3.05, 3.63) is 156 Å². The number of benzene rings is 7. The molecule has 4 aromatic heterocycles. The zero-order valence-corrected chi connectivity index (χ0v) is 26.3. The average Bonchev–Trinajstić information content (AvgIpc) is 3.90. The molecule has 0 saturated heterocycles. The van der Waals surface area contributed by atoms with Crippen molar-refractivity contribution in [3.63, 3.8) is 0 Å². The Balaban J connectivity index is 1.16. The maximum atomic E-state index is 7.60. The van der Waals surface area contributed by atoms with Crippen LogP contribution in [0.3, 0.4) is 0 Å². The first-order valence-corrected chi connectivity index (χ1v) is 16.3. The van der Waals surface area contributed by atoms with Crippen LogP contribution in [0.1, 0.15) is 0 Å². The minimum Gasteiger partial charge on any atom is -0.456 e. The summed E-state index contributed by atoms with van der Waals surface area (Å²) < 4.78 is 17.3. The molecule has 50 heavy (non-hydrogen) atoms. The van der Waals surface area contributed by atoms with Gasteiger partial charge in [-0.05, 0) is 89.6 Å². The Hall–Kier alpha value is -7.28. The molecule has 7 aromatic carbocycles. The summed E-state index contributed by atoms with van der Waals surface area (Å²) in [6.45, 7) is 15.2. The van der Waals surface area contributed by atoms with Crippen LogP contribution in [0.15, 0.2) is 142 Å². The Bertz CT molecular complexity index is 3280. The Labute approximate surface area is 283 Å². The molecule has 11 rings (SSSR count). The van der Waals surface area contributed by atoms with E-state index in [1.807, 2.05) is 54.6 Å². The SMILES string of the molecule is [C-]#[N+]c1ccc2c(c1)c1cc([N+]#[C-])ccc1n2-c1ccc2oc3ccc(-n4c5ccccc5c5cc6c(cc54)oc4ccccc46)cc3c2c1. The second-order valence-corrected chi connectivity index (χ2v) is 12.7. The van der Waals surface area contributed by atoms with Crippen LogP contribution >= 0.6 is 0 Å². The van der Waals surface area contributed by atoms with Crippen LogP contribution < -0.4 is 0 Å². The highest BCUT2D eigenvalue weighted by atomic mass is 16.3. The van der Waals surface area contributed by atoms with E-state index >= 15 is 0 Å². The van der Waals surface area contributed by atoms with Gasteiger partial charge in [-0.1, -0.05) is 48.5 Å². The monoisotopic (exact) mass is 638 g/mol. The van der Waals surface area contributed by atoms with E-state index < -0.39 is 0 Å². The summed E-state index contributed by atoms with van der Waals surface area (Å²) in [5.41, 5.74) is 10.7. The summed E-state index contributed by atoms with van der Waals surface area (Å²) in [6, 6.07) is 45.4. The van der Waals surface area contributed by atoms with E-state index in [2.05, 4.69) is 97.7 Å². The average molecular weight is 639 g/mol. The highest BCUT2D eigenvalue weighted by Gasteiger charge is 2.19. The largest absolute Gasteiger partial charge is 0.456 e. The van der Waals surface area contributed by atoms with Crippen molar-refractivity contribution in [2.75, 3.05) is 0 Å². The van der Waals surface area contributed by atoms with Crippen LogP contribution in [-0.4, -0.2) is 9.13 Å². The third-order valence-corrected chi connectivity index (χ3v) is 10.1. The van der Waals surface area contributed by atoms with Crippen molar-refractivity contribution in [1.82, 2.24) is 9.13 Å². The molecule has 4 heterocycles. The molecule has 0 amide bonds. The second-order valence-electron chi connectivity index (χ2n) is 12.7. The first-order chi connectivity index (χ1) is 24.7. The van der Waals surface area contributed by atoms with E-state index in [0.29, 0.717) is 11.4 Å². The molecule has 230 valence electrons. The molecule has 0 radical (unpaired) electrons. The Morgan fingerprint density at radius 3 is 1.52 bits per heavy atom. The van der Waals surface area contributed by atoms with Gasteiger partial charge in [-0.2, -0.15) is 0 Å². The van der Waals surface area contributed by atoms with Gasteiger partial charge in [0.1, 0.15) is 22.3 Å². The van der Waals surface area contributed by atoms with Gasteiger partial charge in [0.2, 0.25) is 0 Å². The number of furan rings is 2. The molecule has 0 aliphatic carbocycles. The number of hydrogen-bond donors (Lipinski definition) is 0. The first-order valence-electron chi connectivity index (χ1n) is 16.3. The number of aromatic nitrogens is 2. The molecule has 6 nitrogen and oxygen atoms in total. The van der Waals surface area contributed by atoms with Gasteiger partial charge in [-0.15, -0.1) is 0 Å². The minimum atomic E-state index is 0.569. The summed E-state index contributed by atoms with van der Waals surface area (Å²) in [5.74, 6) is 0. The molecule has 0 atom stereocenters. The maximum absolute atomic E-state index is 7.60. The van der Waals surface area contributed by atoms with Gasteiger partial charge in [0.25, 0.3) is 0 Å². The van der Waals surface area contributed by atoms with Gasteiger partial charge in [0.05, 0.1) is 35.2 Å². The van der Waals surface area contributed by atoms with Crippen LogP contribution in [0.5, 0.6) is 0 Å². The molecule has 6 heteroatoms. The smallest absolute Gasteiger partial charge is 0.188 e. The van der Waals surface area contributed by atoms with Crippen molar-refractivity contribution < 1.29 is 8.83 Å². The van der Waals surface area contributed by atoms with Gasteiger partial charge >= 0.3 is 0 Å². The van der Waals surface area contributed by atoms with Gasteiger partial charge in [-0.25, -0.2) is 9.69 Å². The number of hydrogen-bond acceptors (Lipinski definition) is 2. The third kappa shape index (κ3) is 3.54. The number of rotatable bonds is 2. The van der Waals surface area contributed by atoms with Gasteiger partial charge in [-0.3, -0.25) is 0 Å². The molecular weight excluding hydrogens is 617 g/mol. The third-order valence-electron chi connectivity index (χ3n) is 10.1. The lowest BCUT2D eigenvalue weighted by molar-refractivity contribution is 0.668. The fourth-order valence-electron chi connectivity index (χ4n) is 7.91. The summed E-state index contributed by atoms with van der Waals surface area (Å²) in [7, 11) is 0. The van der Waals surface area contributed by atoms with Crippen molar-refractivity contribution in [2.45, 2.75) is 0 Å². The summed E-state index contributed by atoms with van der Waals surface area (Å²) >= 11 is 0. The Kier molecular flexibility index (Phi) is 5.16. The summed E-state index contributed by atoms with van der Waals surface area (Å²) in [4.78, 5) is 7.35. The number of fused-ring (bicyclic) bond motifs is 12. The van der Waals surface area contributed by atoms with E-state index in [0.717, 1.165) is 88.1 Å². The second kappa shape index (κ2) is 9.64. The van der Waals surface area contributed by atoms with Crippen molar-refractivity contribution in [2.24, 2.45) is 0 Å². The predicted octanol–water partition coefficient (Wildman–Crippen LogP) is 12.8. The van der Waals surface area contributed by atoms with E-state index in [-0.39, 0.29) is 0 Å². The van der Waals surface area contributed by atoms with Crippen LogP contribution in [0.4, 0.5) is 11.4 Å². The maximum Gasteiger partial charge on any atom is 0.188 e. The van der Waals surface area contributed by atoms with Crippen LogP contribution in [0, 0.1) is 13.1 Å². The van der Waals surface area contributed by atoms with Crippen LogP contribution in [-0.2, 0) is 0 Å². The fourth-order valence-corrected chi connectivity index (χ4v) is 7.91. The summed E-state index contributed by atoms with van der Waals surface area (Å²) in [5, 5.41) is 8.50. The van der Waals surface area contributed by atoms with Gasteiger partial charge in [0, 0.05) is 49.8 Å². The molecule has 0 N–H and O–H groups in total. The quantitative estimate of drug-likeness (QED) is 0.177. The highest BCUT2D eigenvalue weighted by molar-refractivity contribution is 6.18. The molecule has 0 aliphatic rings. The predicted molar refractivity (Wildman–Crippen MR) is 202 cm³/mol. The topological polar surface area (TPSA) is 44.9 Å². The van der Waals surface area contributed by atoms with Crippen LogP contribution in [0.25, 0.3) is 109 Å². The van der Waals surface area contributed by atoms with Crippen molar-refractivity contribution in [1.29, 1.82) is 0 Å². The molecular formula is C44H22N4O2. The lowest BCUT2D eigenvalue weighted by Crippen LogP contribution is -1.94. The Morgan fingerprint density at radius 1 is 0.360 bits per heavy atom. The molecule has 0 fully saturated rings. The molecule has 0 unspecified atom stereocenters. The fraction of sp³-hybridized carbons (Fsp3) is 0. The lowest BCUT2D eigenvalue weighted by Gasteiger charge is -2.09. The van der Waals surface area contributed by atoms with Gasteiger partial charge < -0.3 is 18.0 Å². The lowest BCUT2D eigenvalue weighted by atomic mass is 10.1. The van der Waals surface area contributed by atoms with E-state index in [1.165, 1.54) is 10.8 Å². The van der Waals surface area contributed by atoms with E-state index in [9.17, 15) is 0 Å². The van der Waals surface area contributed by atoms with Crippen molar-refractivity contribution >= 4 is 98.9 Å². The molecule has 0 aliphatic heterocycles. The highest BCUT2D eigenvalue weighted by Crippen LogP contribution is 2.41. The normalized spacial score (nSPS) is 12.0. The molecule has 0 saturated carbocycles. The standard InChI is InChI=1S/C44H22N4O2/c1-45-25-11-15-38-31(19-25)32-20-26(46-2)12-16-39(32)47(38)27-13-17-42-34(21-27)35-22-28(14-18-43(35)49-42)48-37-9-5-3-7-29(37)33-23-36-30-8-4-6-10-41(30)50-44(36)24-40(33)48/h3-24H. The zero-order chi connectivity index (χ0) is 33.1. The summed E-state index contributed by atoms with van der Waals surface area (Å²) in [6.07, 6.45) is 0. The van der Waals surface area contributed by atoms with E-state index in [4.69, 9.17) is 22.0 Å². The van der Waals surface area contributed by atoms with Crippen LogP contribution in [0.2, 0.25) is 0 Å². The first kappa shape index (κ1) is 26.8. The minimum absolute atomic E-state index is 0.569. The van der Waals surface area contributed by atoms with E-state index in [1.54, 1.807) is 0 Å². The number of nitrogens with zero attached hydrogens (tertiary/aromatic N) is 4. The number of para-hydroxylation sites is 2. The zero-order valence-electron chi connectivity index (χ0n) is 26.3. The molecule has 0 bridgehead atoms.